The van der Waals surface area contributed by atoms with Crippen LogP contribution >= 0.6 is 0 Å². The molecule has 0 saturated heterocycles. The zero-order chi connectivity index (χ0) is 33.9. The molecule has 52 heavy (non-hydrogen) atoms. The molecule has 4 aromatic heterocycles. The van der Waals surface area contributed by atoms with Crippen LogP contribution in [0.5, 0.6) is 0 Å². The summed E-state index contributed by atoms with van der Waals surface area (Å²) in [6.07, 6.45) is 0. The number of benzene rings is 8. The van der Waals surface area contributed by atoms with Gasteiger partial charge in [-0.25, -0.2) is 0 Å². The van der Waals surface area contributed by atoms with Crippen molar-refractivity contribution in [1.29, 1.82) is 0 Å². The largest absolute Gasteiger partial charge is 0.308 e. The Morgan fingerprint density at radius 1 is 0.346 bits per heavy atom. The van der Waals surface area contributed by atoms with E-state index in [1.165, 1.54) is 70.8 Å². The number of nitrogens with zero attached hydrogens (tertiary/aromatic N) is 4. The summed E-state index contributed by atoms with van der Waals surface area (Å²) in [7, 11) is 0. The summed E-state index contributed by atoms with van der Waals surface area (Å²) in [6.45, 7) is 0. The van der Waals surface area contributed by atoms with Gasteiger partial charge < -0.3 is 4.40 Å². The summed E-state index contributed by atoms with van der Waals surface area (Å²) in [4.78, 5) is 0. The molecule has 4 heterocycles. The lowest BCUT2D eigenvalue weighted by Gasteiger charge is -2.14. The topological polar surface area (TPSA) is 35.1 Å². The van der Waals surface area contributed by atoms with Gasteiger partial charge in [-0.05, 0) is 34.7 Å². The van der Waals surface area contributed by atoms with Crippen LogP contribution in [0.25, 0.3) is 110 Å². The molecule has 12 aromatic rings. The van der Waals surface area contributed by atoms with Gasteiger partial charge in [0.05, 0.1) is 27.6 Å². The maximum absolute atomic E-state index is 5.16. The Kier molecular flexibility index (Phi) is 5.47. The Bertz CT molecular complexity index is 3390. The fraction of sp³-hybridized carbons (Fsp3) is 0. The maximum Gasteiger partial charge on any atom is 0.168 e. The third-order valence-corrected chi connectivity index (χ3v) is 11.1. The minimum atomic E-state index is 0.832. The number of fused-ring (bicyclic) bond motifs is 13. The molecule has 12 rings (SSSR count). The minimum Gasteiger partial charge on any atom is -0.308 e. The number of para-hydroxylation sites is 2. The van der Waals surface area contributed by atoms with E-state index in [0.717, 1.165) is 38.9 Å². The van der Waals surface area contributed by atoms with E-state index in [-0.39, 0.29) is 0 Å². The molecular weight excluding hydrogens is 633 g/mol. The van der Waals surface area contributed by atoms with Crippen molar-refractivity contribution in [3.05, 3.63) is 170 Å². The molecule has 0 aliphatic carbocycles. The van der Waals surface area contributed by atoms with Crippen molar-refractivity contribution in [2.24, 2.45) is 0 Å². The summed E-state index contributed by atoms with van der Waals surface area (Å²) in [5, 5.41) is 22.2. The molecule has 0 spiro atoms. The predicted octanol–water partition coefficient (Wildman–Crippen LogP) is 12.4. The number of hydrogen-bond acceptors (Lipinski definition) is 2. The van der Waals surface area contributed by atoms with Crippen LogP contribution in [0, 0.1) is 0 Å². The van der Waals surface area contributed by atoms with Gasteiger partial charge in [0.25, 0.3) is 0 Å². The summed E-state index contributed by atoms with van der Waals surface area (Å²) < 4.78 is 4.86. The van der Waals surface area contributed by atoms with E-state index in [0.29, 0.717) is 0 Å². The molecule has 4 heteroatoms. The highest BCUT2D eigenvalue weighted by molar-refractivity contribution is 6.37. The van der Waals surface area contributed by atoms with Crippen LogP contribution in [0.15, 0.2) is 170 Å². The molecule has 0 radical (unpaired) electrons. The molecule has 0 atom stereocenters. The van der Waals surface area contributed by atoms with Crippen molar-refractivity contribution in [3.8, 4) is 28.2 Å². The van der Waals surface area contributed by atoms with E-state index < -0.39 is 0 Å². The summed E-state index contributed by atoms with van der Waals surface area (Å²) in [6, 6.07) is 61.1. The minimum absolute atomic E-state index is 0.832. The molecule has 0 bridgehead atoms. The number of rotatable bonds is 3. The molecule has 0 aliphatic heterocycles. The van der Waals surface area contributed by atoms with Crippen LogP contribution in [0.3, 0.4) is 0 Å². The van der Waals surface area contributed by atoms with Gasteiger partial charge >= 0.3 is 0 Å². The van der Waals surface area contributed by atoms with Crippen molar-refractivity contribution in [3.63, 3.8) is 0 Å². The highest BCUT2D eigenvalue weighted by atomic mass is 15.2. The second-order valence-electron chi connectivity index (χ2n) is 13.8. The van der Waals surface area contributed by atoms with Gasteiger partial charge in [-0.2, -0.15) is 0 Å². The van der Waals surface area contributed by atoms with Crippen LogP contribution in [0.1, 0.15) is 0 Å². The summed E-state index contributed by atoms with van der Waals surface area (Å²) in [5.41, 5.74) is 10.3. The first kappa shape index (κ1) is 27.7. The second kappa shape index (κ2) is 10.3. The smallest absolute Gasteiger partial charge is 0.168 e. The molecule has 0 N–H and O–H groups in total. The maximum atomic E-state index is 5.16. The molecule has 0 saturated carbocycles. The van der Waals surface area contributed by atoms with Gasteiger partial charge in [-0.3, -0.25) is 4.57 Å². The van der Waals surface area contributed by atoms with Crippen molar-refractivity contribution in [1.82, 2.24) is 19.2 Å². The first-order chi connectivity index (χ1) is 25.8. The standard InChI is InChI=1S/C48H28N4/c1-2-12-29(13-3-1)30-22-24-32(25-23-30)45-35-17-6-7-18-36(35)48(50-49-45)52-42-28-39-34-16-8-10-20-40(34)51-41-21-11-9-19-37(41)44(47(39)51)43(42)38-27-26-31-14-4-5-15-33(31)46(38)52/h1-28H. The predicted molar refractivity (Wildman–Crippen MR) is 217 cm³/mol. The average Bonchev–Trinajstić information content (AvgIpc) is 3.85. The van der Waals surface area contributed by atoms with Gasteiger partial charge in [-0.1, -0.05) is 152 Å². The number of aromatic nitrogens is 4. The van der Waals surface area contributed by atoms with Gasteiger partial charge in [0.15, 0.2) is 5.82 Å². The molecular formula is C48H28N4. The van der Waals surface area contributed by atoms with Gasteiger partial charge in [0.2, 0.25) is 0 Å². The van der Waals surface area contributed by atoms with Crippen LogP contribution in [0.2, 0.25) is 0 Å². The zero-order valence-corrected chi connectivity index (χ0v) is 28.0. The Morgan fingerprint density at radius 2 is 0.962 bits per heavy atom. The van der Waals surface area contributed by atoms with Gasteiger partial charge in [0, 0.05) is 54.0 Å². The fourth-order valence-corrected chi connectivity index (χ4v) is 8.91. The van der Waals surface area contributed by atoms with Crippen molar-refractivity contribution >= 4 is 81.4 Å². The Hall–Kier alpha value is -7.04. The van der Waals surface area contributed by atoms with E-state index >= 15 is 0 Å². The molecule has 0 amide bonds. The lowest BCUT2D eigenvalue weighted by molar-refractivity contribution is 0.978. The van der Waals surface area contributed by atoms with Gasteiger partial charge in [-0.15, -0.1) is 10.2 Å². The third kappa shape index (κ3) is 3.60. The summed E-state index contributed by atoms with van der Waals surface area (Å²) >= 11 is 0. The first-order valence-corrected chi connectivity index (χ1v) is 17.8. The zero-order valence-electron chi connectivity index (χ0n) is 28.0. The van der Waals surface area contributed by atoms with Crippen molar-refractivity contribution in [2.75, 3.05) is 0 Å². The van der Waals surface area contributed by atoms with Crippen molar-refractivity contribution in [2.45, 2.75) is 0 Å². The average molecular weight is 661 g/mol. The molecule has 0 fully saturated rings. The van der Waals surface area contributed by atoms with Crippen LogP contribution in [-0.4, -0.2) is 19.2 Å². The molecule has 8 aromatic carbocycles. The quantitative estimate of drug-likeness (QED) is 0.189. The lowest BCUT2D eigenvalue weighted by atomic mass is 10.0. The highest BCUT2D eigenvalue weighted by Crippen LogP contribution is 2.48. The highest BCUT2D eigenvalue weighted by Gasteiger charge is 2.26. The Balaban J connectivity index is 1.23. The van der Waals surface area contributed by atoms with E-state index in [1.807, 2.05) is 0 Å². The Morgan fingerprint density at radius 3 is 1.77 bits per heavy atom. The molecule has 0 aliphatic rings. The van der Waals surface area contributed by atoms with Gasteiger partial charge in [0.1, 0.15) is 5.69 Å². The normalized spacial score (nSPS) is 12.2. The van der Waals surface area contributed by atoms with Crippen LogP contribution < -0.4 is 0 Å². The monoisotopic (exact) mass is 660 g/mol. The SMILES string of the molecule is c1ccc(-c2ccc(-c3nnc(-n4c5cc6c7ccccc7n7c8ccccc8c(c5c5ccc8ccccc8c54)c67)c4ccccc34)cc2)cc1. The summed E-state index contributed by atoms with van der Waals surface area (Å²) in [5.74, 6) is 0.832. The van der Waals surface area contributed by atoms with Crippen LogP contribution in [0.4, 0.5) is 0 Å². The van der Waals surface area contributed by atoms with E-state index in [4.69, 9.17) is 10.2 Å². The van der Waals surface area contributed by atoms with Crippen molar-refractivity contribution < 1.29 is 0 Å². The number of hydrogen-bond donors (Lipinski definition) is 0. The van der Waals surface area contributed by atoms with E-state index in [9.17, 15) is 0 Å². The fourth-order valence-electron chi connectivity index (χ4n) is 8.91. The second-order valence-corrected chi connectivity index (χ2v) is 13.8. The van der Waals surface area contributed by atoms with E-state index in [1.54, 1.807) is 0 Å². The Labute approximate surface area is 297 Å². The third-order valence-electron chi connectivity index (χ3n) is 11.1. The molecule has 240 valence electrons. The molecule has 0 unspecified atom stereocenters. The van der Waals surface area contributed by atoms with Crippen LogP contribution in [-0.2, 0) is 0 Å². The first-order valence-electron chi connectivity index (χ1n) is 17.8. The molecule has 4 nitrogen and oxygen atoms in total. The lowest BCUT2D eigenvalue weighted by Crippen LogP contribution is -2.03. The van der Waals surface area contributed by atoms with E-state index in [2.05, 4.69) is 179 Å².